The number of amides is 1. The monoisotopic (exact) mass is 643 g/mol. The summed E-state index contributed by atoms with van der Waals surface area (Å²) in [6, 6.07) is 9.23. The number of aromatic nitrogens is 3. The van der Waals surface area contributed by atoms with Gasteiger partial charge in [-0.2, -0.15) is 0 Å². The summed E-state index contributed by atoms with van der Waals surface area (Å²) < 4.78 is 9.61. The number of ether oxygens (including phenoxy) is 1. The first kappa shape index (κ1) is 23.5. The van der Waals surface area contributed by atoms with Gasteiger partial charge in [-0.15, -0.1) is 0 Å². The van der Waals surface area contributed by atoms with E-state index < -0.39 is 6.17 Å². The number of carbonyl (C=O) groups is 1. The van der Waals surface area contributed by atoms with Gasteiger partial charge in [-0.25, -0.2) is 4.90 Å². The Balaban J connectivity index is 2.14. The molecule has 1 N–H and O–H groups in total. The van der Waals surface area contributed by atoms with Gasteiger partial charge in [0.25, 0.3) is 6.17 Å². The first-order valence-electron chi connectivity index (χ1n) is 9.58. The van der Waals surface area contributed by atoms with Crippen LogP contribution < -0.4 is 19.9 Å². The molecule has 2 heterocycles. The molecular weight excluding hydrogens is 628 g/mol. The molecule has 1 atom stereocenters. The molecule has 7 nitrogen and oxygen atoms in total. The topological polar surface area (TPSA) is 79.2 Å². The third-order valence-electron chi connectivity index (χ3n) is 4.95. The summed E-state index contributed by atoms with van der Waals surface area (Å²) in [5, 5.41) is 5.22. The van der Waals surface area contributed by atoms with Crippen molar-refractivity contribution in [2.75, 3.05) is 17.8 Å². The van der Waals surface area contributed by atoms with Gasteiger partial charge in [0.2, 0.25) is 11.1 Å². The molecule has 3 aromatic rings. The Morgan fingerprint density at radius 2 is 2.00 bits per heavy atom. The van der Waals surface area contributed by atoms with Crippen LogP contribution in [0.1, 0.15) is 25.6 Å². The number of hydrogen-bond donors (Lipinski definition) is 1. The van der Waals surface area contributed by atoms with Crippen LogP contribution in [0, 0.1) is 0 Å². The zero-order valence-electron chi connectivity index (χ0n) is 17.3. The number of benzene rings is 2. The average Bonchev–Trinajstić information content (AvgIpc) is 2.72. The van der Waals surface area contributed by atoms with Crippen molar-refractivity contribution >= 4 is 71.1 Å². The molecule has 4 rings (SSSR count). The maximum atomic E-state index is 13.3. The van der Waals surface area contributed by atoms with Crippen molar-refractivity contribution in [1.82, 2.24) is 10.1 Å². The Hall–Kier alpha value is -1.69. The fraction of sp³-hybridized carbons (Fsp3) is 0.238. The molecule has 0 aliphatic carbocycles. The summed E-state index contributed by atoms with van der Waals surface area (Å²) in [5.74, 6) is 1.09. The molecular formula is C21H18Br3N4O3S+. The highest BCUT2D eigenvalue weighted by molar-refractivity contribution is 9.11. The number of carbonyl (C=O) groups excluding carboxylic acids is 1. The fourth-order valence-electron chi connectivity index (χ4n) is 3.81. The number of H-pyrrole nitrogens is 1. The second-order valence-corrected chi connectivity index (χ2v) is 10.9. The van der Waals surface area contributed by atoms with E-state index in [1.54, 1.807) is 16.7 Å². The van der Waals surface area contributed by atoms with Gasteiger partial charge < -0.3 is 4.74 Å². The van der Waals surface area contributed by atoms with Crippen LogP contribution in [0.4, 0.5) is 5.69 Å². The average molecular weight is 646 g/mol. The van der Waals surface area contributed by atoms with Crippen molar-refractivity contribution in [3.05, 3.63) is 59.7 Å². The van der Waals surface area contributed by atoms with Crippen molar-refractivity contribution < 1.29 is 14.2 Å². The minimum Gasteiger partial charge on any atom is -0.495 e. The van der Waals surface area contributed by atoms with Gasteiger partial charge in [0.1, 0.15) is 5.75 Å². The van der Waals surface area contributed by atoms with Crippen LogP contribution in [0.15, 0.2) is 53.7 Å². The second-order valence-electron chi connectivity index (χ2n) is 6.92. The van der Waals surface area contributed by atoms with Crippen LogP contribution in [0.2, 0.25) is 0 Å². The van der Waals surface area contributed by atoms with Crippen molar-refractivity contribution in [2.45, 2.75) is 25.2 Å². The van der Waals surface area contributed by atoms with E-state index in [-0.39, 0.29) is 11.5 Å². The van der Waals surface area contributed by atoms with Crippen molar-refractivity contribution in [2.24, 2.45) is 0 Å². The van der Waals surface area contributed by atoms with Gasteiger partial charge in [0.15, 0.2) is 0 Å². The number of methoxy groups -OCH3 is 1. The van der Waals surface area contributed by atoms with Crippen LogP contribution in [0.3, 0.4) is 0 Å². The van der Waals surface area contributed by atoms with E-state index in [9.17, 15) is 9.59 Å². The lowest BCUT2D eigenvalue weighted by Gasteiger charge is -2.32. The molecule has 1 aliphatic heterocycles. The summed E-state index contributed by atoms with van der Waals surface area (Å²) >= 11 is 12.0. The van der Waals surface area contributed by atoms with Crippen LogP contribution in [-0.4, -0.2) is 28.9 Å². The number of thioether (sulfide) groups is 1. The number of fused-ring (bicyclic) bond motifs is 3. The van der Waals surface area contributed by atoms with Crippen LogP contribution >= 0.6 is 59.6 Å². The summed E-state index contributed by atoms with van der Waals surface area (Å²) in [7, 11) is 1.57. The lowest BCUT2D eigenvalue weighted by Crippen LogP contribution is -2.60. The van der Waals surface area contributed by atoms with Crippen LogP contribution in [-0.2, 0) is 4.79 Å². The zero-order valence-corrected chi connectivity index (χ0v) is 22.9. The summed E-state index contributed by atoms with van der Waals surface area (Å²) in [6.45, 7) is 3.48. The predicted octanol–water partition coefficient (Wildman–Crippen LogP) is 5.05. The number of hydrogen-bond acceptors (Lipinski definition) is 5. The Labute approximate surface area is 213 Å². The zero-order chi connectivity index (χ0) is 23.2. The number of nitrogens with one attached hydrogen (secondary N) is 1. The molecule has 2 aromatic carbocycles. The van der Waals surface area contributed by atoms with Gasteiger partial charge in [-0.3, -0.25) is 14.6 Å². The highest BCUT2D eigenvalue weighted by atomic mass is 79.9. The second kappa shape index (κ2) is 9.28. The van der Waals surface area contributed by atoms with E-state index in [4.69, 9.17) is 9.84 Å². The maximum absolute atomic E-state index is 13.3. The highest BCUT2D eigenvalue weighted by Gasteiger charge is 2.46. The molecule has 1 aliphatic rings. The maximum Gasteiger partial charge on any atom is 0.325 e. The van der Waals surface area contributed by atoms with E-state index in [1.165, 1.54) is 18.7 Å². The van der Waals surface area contributed by atoms with E-state index in [1.807, 2.05) is 37.3 Å². The first-order chi connectivity index (χ1) is 15.3. The quantitative estimate of drug-likeness (QED) is 0.318. The standard InChI is InChI=1S/C21H17Br3N4O3S/c1-4-32-21-25-19(30)17-13-7-11(22)5-6-16(13)27(10(2)29)20(28(17)26-21)14-8-12(23)9-15(24)18(14)31-3/h5-9,20H,4H2,1-3H3/p+1/t20-/m1/s1. The smallest absolute Gasteiger partial charge is 0.325 e. The predicted molar refractivity (Wildman–Crippen MR) is 134 cm³/mol. The van der Waals surface area contributed by atoms with Crippen LogP contribution in [0.5, 0.6) is 5.75 Å². The highest BCUT2D eigenvalue weighted by Crippen LogP contribution is 2.43. The minimum atomic E-state index is -0.738. The molecule has 0 bridgehead atoms. The normalized spacial score (nSPS) is 14.7. The van der Waals surface area contributed by atoms with Crippen molar-refractivity contribution in [3.8, 4) is 17.0 Å². The van der Waals surface area contributed by atoms with Gasteiger partial charge in [0, 0.05) is 21.0 Å². The van der Waals surface area contributed by atoms with Crippen molar-refractivity contribution in [1.29, 1.82) is 0 Å². The van der Waals surface area contributed by atoms with Crippen molar-refractivity contribution in [3.63, 3.8) is 0 Å². The molecule has 0 radical (unpaired) electrons. The van der Waals surface area contributed by atoms with E-state index in [2.05, 4.69) is 52.8 Å². The molecule has 0 spiro atoms. The van der Waals surface area contributed by atoms with E-state index in [0.29, 0.717) is 37.9 Å². The summed E-state index contributed by atoms with van der Waals surface area (Å²) in [5.41, 5.74) is 1.99. The lowest BCUT2D eigenvalue weighted by atomic mass is 10.0. The first-order valence-corrected chi connectivity index (χ1v) is 12.9. The number of aromatic amines is 1. The van der Waals surface area contributed by atoms with E-state index in [0.717, 1.165) is 14.7 Å². The Morgan fingerprint density at radius 1 is 1.25 bits per heavy atom. The molecule has 0 fully saturated rings. The molecule has 1 aromatic heterocycles. The van der Waals surface area contributed by atoms with Gasteiger partial charge in [0.05, 0.1) is 28.4 Å². The van der Waals surface area contributed by atoms with Gasteiger partial charge in [-0.05, 0) is 56.7 Å². The number of halogens is 3. The molecule has 11 heteroatoms. The minimum absolute atomic E-state index is 0.193. The molecule has 32 heavy (non-hydrogen) atoms. The molecule has 0 saturated carbocycles. The summed E-state index contributed by atoms with van der Waals surface area (Å²) in [4.78, 5) is 30.8. The number of rotatable bonds is 4. The van der Waals surface area contributed by atoms with Crippen LogP contribution in [0.25, 0.3) is 11.3 Å². The van der Waals surface area contributed by atoms with E-state index >= 15 is 0 Å². The molecule has 166 valence electrons. The molecule has 0 saturated heterocycles. The Bertz CT molecular complexity index is 1300. The van der Waals surface area contributed by atoms with Gasteiger partial charge >= 0.3 is 11.3 Å². The Morgan fingerprint density at radius 3 is 2.66 bits per heavy atom. The third-order valence-corrected chi connectivity index (χ3v) is 7.24. The number of anilines is 1. The largest absolute Gasteiger partial charge is 0.495 e. The van der Waals surface area contributed by atoms with Gasteiger partial charge in [-0.1, -0.05) is 50.5 Å². The third kappa shape index (κ3) is 4.04. The summed E-state index contributed by atoms with van der Waals surface area (Å²) in [6.07, 6.45) is -0.738. The lowest BCUT2D eigenvalue weighted by molar-refractivity contribution is -0.763. The SMILES string of the molecule is CCSc1n[n+]2c(c(=O)[nH]1)-c1cc(Br)ccc1N(C(C)=O)[C@H]2c1cc(Br)cc(Br)c1OC. The molecule has 0 unspecified atom stereocenters. The molecule has 1 amide bonds. The fourth-order valence-corrected chi connectivity index (χ4v) is 6.17. The number of nitrogens with zero attached hydrogens (tertiary/aromatic N) is 3. The Kier molecular flexibility index (Phi) is 6.81.